The largest absolute Gasteiger partial charge is 0.370 e. The van der Waals surface area contributed by atoms with E-state index >= 15 is 0 Å². The maximum atomic E-state index is 12.2. The van der Waals surface area contributed by atoms with Crippen molar-refractivity contribution in [2.24, 2.45) is 0 Å². The molecule has 136 valence electrons. The molecule has 4 heterocycles. The molecule has 2 aliphatic heterocycles. The molecule has 2 fully saturated rings. The van der Waals surface area contributed by atoms with Gasteiger partial charge in [0.25, 0.3) is 5.91 Å². The Kier molecular flexibility index (Phi) is 4.81. The molecule has 0 radical (unpaired) electrons. The van der Waals surface area contributed by atoms with Crippen molar-refractivity contribution in [2.75, 3.05) is 31.2 Å². The Balaban J connectivity index is 1.32. The highest BCUT2D eigenvalue weighted by Crippen LogP contribution is 2.32. The van der Waals surface area contributed by atoms with E-state index in [2.05, 4.69) is 20.2 Å². The topological polar surface area (TPSA) is 76.6 Å². The predicted molar refractivity (Wildman–Crippen MR) is 95.7 cm³/mol. The predicted octanol–water partition coefficient (Wildman–Crippen LogP) is 1.75. The molecular formula is C19H22N4O3. The van der Waals surface area contributed by atoms with Crippen LogP contribution in [-0.2, 0) is 16.0 Å². The van der Waals surface area contributed by atoms with Crippen LogP contribution in [0, 0.1) is 0 Å². The number of hydrogen-bond donors (Lipinski definition) is 1. The summed E-state index contributed by atoms with van der Waals surface area (Å²) in [6.07, 6.45) is 5.15. The second kappa shape index (κ2) is 7.39. The monoisotopic (exact) mass is 354 g/mol. The molecular weight excluding hydrogens is 332 g/mol. The van der Waals surface area contributed by atoms with Gasteiger partial charge in [0, 0.05) is 32.1 Å². The van der Waals surface area contributed by atoms with Crippen molar-refractivity contribution < 1.29 is 14.3 Å². The van der Waals surface area contributed by atoms with Gasteiger partial charge in [0.15, 0.2) is 5.79 Å². The van der Waals surface area contributed by atoms with E-state index in [0.717, 1.165) is 37.3 Å². The van der Waals surface area contributed by atoms with Crippen LogP contribution < -0.4 is 10.2 Å². The van der Waals surface area contributed by atoms with E-state index in [1.54, 1.807) is 18.5 Å². The average Bonchev–Trinajstić information content (AvgIpc) is 3.16. The summed E-state index contributed by atoms with van der Waals surface area (Å²) in [4.78, 5) is 23.0. The molecule has 1 spiro atoms. The third-order valence-electron chi connectivity index (χ3n) is 4.84. The number of aromatic nitrogens is 2. The van der Waals surface area contributed by atoms with Gasteiger partial charge in [-0.3, -0.25) is 9.78 Å². The molecule has 1 amide bonds. The minimum Gasteiger partial charge on any atom is -0.370 e. The summed E-state index contributed by atoms with van der Waals surface area (Å²) in [5.74, 6) is -0.581. The van der Waals surface area contributed by atoms with Crippen LogP contribution in [0.15, 0.2) is 42.7 Å². The first kappa shape index (κ1) is 16.9. The van der Waals surface area contributed by atoms with Crippen LogP contribution in [0.2, 0.25) is 0 Å². The molecule has 4 rings (SSSR count). The van der Waals surface area contributed by atoms with Gasteiger partial charge in [-0.25, -0.2) is 4.98 Å². The van der Waals surface area contributed by atoms with Crippen molar-refractivity contribution in [3.05, 3.63) is 54.1 Å². The van der Waals surface area contributed by atoms with Crippen molar-refractivity contribution in [1.29, 1.82) is 0 Å². The van der Waals surface area contributed by atoms with Gasteiger partial charge in [-0.2, -0.15) is 0 Å². The summed E-state index contributed by atoms with van der Waals surface area (Å²) < 4.78 is 11.5. The molecule has 1 N–H and O–H groups in total. The first-order valence-electron chi connectivity index (χ1n) is 8.91. The van der Waals surface area contributed by atoms with E-state index in [0.29, 0.717) is 25.5 Å². The maximum absolute atomic E-state index is 12.2. The van der Waals surface area contributed by atoms with Crippen molar-refractivity contribution in [3.8, 4) is 0 Å². The zero-order chi connectivity index (χ0) is 17.8. The number of piperidine rings is 1. The lowest BCUT2D eigenvalue weighted by Gasteiger charge is -2.38. The number of rotatable bonds is 4. The molecule has 0 saturated carbocycles. The summed E-state index contributed by atoms with van der Waals surface area (Å²) in [7, 11) is 0. The lowest BCUT2D eigenvalue weighted by atomic mass is 10.0. The number of amides is 1. The fourth-order valence-corrected chi connectivity index (χ4v) is 3.36. The van der Waals surface area contributed by atoms with Crippen LogP contribution in [0.1, 0.15) is 29.0 Å². The molecule has 0 aliphatic carbocycles. The third kappa shape index (κ3) is 3.68. The van der Waals surface area contributed by atoms with Gasteiger partial charge in [0.1, 0.15) is 5.69 Å². The van der Waals surface area contributed by atoms with Crippen LogP contribution in [0.4, 0.5) is 5.69 Å². The van der Waals surface area contributed by atoms with E-state index in [9.17, 15) is 4.79 Å². The zero-order valence-corrected chi connectivity index (χ0v) is 14.6. The summed E-state index contributed by atoms with van der Waals surface area (Å²) in [5.41, 5.74) is 2.23. The van der Waals surface area contributed by atoms with Crippen LogP contribution in [-0.4, -0.2) is 48.0 Å². The quantitative estimate of drug-likeness (QED) is 0.901. The summed E-state index contributed by atoms with van der Waals surface area (Å²) in [6, 6.07) is 9.32. The summed E-state index contributed by atoms with van der Waals surface area (Å²) in [5, 5.41) is 2.84. The standard InChI is InChI=1S/C19H22N4O3/c24-18(22-13-15-3-1-2-8-20-15)17-5-4-16(14-21-17)23-9-6-19(7-10-23)25-11-12-26-19/h1-5,8,14H,6-7,9-13H2,(H,22,24). The molecule has 0 bridgehead atoms. The Morgan fingerprint density at radius 1 is 1.12 bits per heavy atom. The van der Waals surface area contributed by atoms with Gasteiger partial charge in [0.2, 0.25) is 0 Å². The smallest absolute Gasteiger partial charge is 0.270 e. The summed E-state index contributed by atoms with van der Waals surface area (Å²) >= 11 is 0. The van der Waals surface area contributed by atoms with Crippen LogP contribution in [0.3, 0.4) is 0 Å². The van der Waals surface area contributed by atoms with Crippen molar-refractivity contribution in [3.63, 3.8) is 0 Å². The second-order valence-corrected chi connectivity index (χ2v) is 6.50. The number of hydrogen-bond acceptors (Lipinski definition) is 6. The molecule has 7 heteroatoms. The highest BCUT2D eigenvalue weighted by Gasteiger charge is 2.39. The lowest BCUT2D eigenvalue weighted by Crippen LogP contribution is -2.45. The van der Waals surface area contributed by atoms with Gasteiger partial charge in [-0.1, -0.05) is 6.07 Å². The Bertz CT molecular complexity index is 735. The van der Waals surface area contributed by atoms with E-state index in [1.165, 1.54) is 0 Å². The Morgan fingerprint density at radius 2 is 1.92 bits per heavy atom. The normalized spacial score (nSPS) is 18.8. The van der Waals surface area contributed by atoms with Gasteiger partial charge < -0.3 is 19.7 Å². The van der Waals surface area contributed by atoms with Crippen molar-refractivity contribution >= 4 is 11.6 Å². The third-order valence-corrected chi connectivity index (χ3v) is 4.84. The molecule has 0 unspecified atom stereocenters. The number of pyridine rings is 2. The van der Waals surface area contributed by atoms with Crippen molar-refractivity contribution in [2.45, 2.75) is 25.2 Å². The maximum Gasteiger partial charge on any atom is 0.270 e. The van der Waals surface area contributed by atoms with Crippen LogP contribution >= 0.6 is 0 Å². The fraction of sp³-hybridized carbons (Fsp3) is 0.421. The Hall–Kier alpha value is -2.51. The molecule has 2 aromatic rings. The number of ether oxygens (including phenoxy) is 2. The first-order chi connectivity index (χ1) is 12.7. The molecule has 2 aliphatic rings. The number of nitrogens with zero attached hydrogens (tertiary/aromatic N) is 3. The van der Waals surface area contributed by atoms with Gasteiger partial charge >= 0.3 is 0 Å². The highest BCUT2D eigenvalue weighted by molar-refractivity contribution is 5.92. The zero-order valence-electron chi connectivity index (χ0n) is 14.6. The molecule has 2 aromatic heterocycles. The molecule has 7 nitrogen and oxygen atoms in total. The molecule has 2 saturated heterocycles. The van der Waals surface area contributed by atoms with Gasteiger partial charge in [0.05, 0.1) is 37.3 Å². The second-order valence-electron chi connectivity index (χ2n) is 6.50. The molecule has 0 atom stereocenters. The Morgan fingerprint density at radius 3 is 2.58 bits per heavy atom. The molecule has 0 aromatic carbocycles. The minimum absolute atomic E-state index is 0.201. The minimum atomic E-state index is -0.380. The number of carbonyl (C=O) groups excluding carboxylic acids is 1. The highest BCUT2D eigenvalue weighted by atomic mass is 16.7. The summed E-state index contributed by atoms with van der Waals surface area (Å²) in [6.45, 7) is 3.46. The first-order valence-corrected chi connectivity index (χ1v) is 8.91. The van der Waals surface area contributed by atoms with E-state index in [4.69, 9.17) is 9.47 Å². The Labute approximate surface area is 152 Å². The number of carbonyl (C=O) groups is 1. The van der Waals surface area contributed by atoms with E-state index in [-0.39, 0.29) is 11.7 Å². The average molecular weight is 354 g/mol. The molecule has 26 heavy (non-hydrogen) atoms. The van der Waals surface area contributed by atoms with Gasteiger partial charge in [-0.15, -0.1) is 0 Å². The SMILES string of the molecule is O=C(NCc1ccccn1)c1ccc(N2CCC3(CC2)OCCO3)cn1. The van der Waals surface area contributed by atoms with Crippen molar-refractivity contribution in [1.82, 2.24) is 15.3 Å². The van der Waals surface area contributed by atoms with Crippen LogP contribution in [0.5, 0.6) is 0 Å². The fourth-order valence-electron chi connectivity index (χ4n) is 3.36. The van der Waals surface area contributed by atoms with E-state index in [1.807, 2.05) is 24.3 Å². The van der Waals surface area contributed by atoms with E-state index < -0.39 is 0 Å². The van der Waals surface area contributed by atoms with Crippen LogP contribution in [0.25, 0.3) is 0 Å². The van der Waals surface area contributed by atoms with Gasteiger partial charge in [-0.05, 0) is 24.3 Å². The number of nitrogens with one attached hydrogen (secondary N) is 1. The lowest BCUT2D eigenvalue weighted by molar-refractivity contribution is -0.169. The number of anilines is 1.